The van der Waals surface area contributed by atoms with Gasteiger partial charge in [-0.3, -0.25) is 4.79 Å². The van der Waals surface area contributed by atoms with E-state index in [4.69, 9.17) is 4.74 Å². The van der Waals surface area contributed by atoms with Crippen molar-refractivity contribution < 1.29 is 9.53 Å². The summed E-state index contributed by atoms with van der Waals surface area (Å²) in [6, 6.07) is 8.79. The number of hydrogen-bond donors (Lipinski definition) is 1. The predicted molar refractivity (Wildman–Crippen MR) is 85.6 cm³/mol. The molecule has 4 nitrogen and oxygen atoms in total. The highest BCUT2D eigenvalue weighted by molar-refractivity contribution is 14.1. The number of pyridine rings is 1. The van der Waals surface area contributed by atoms with Gasteiger partial charge in [-0.1, -0.05) is 0 Å². The molecule has 98 valence electrons. The summed E-state index contributed by atoms with van der Waals surface area (Å²) in [5.74, 6) is 0.998. The van der Waals surface area contributed by atoms with Gasteiger partial charge in [0.2, 0.25) is 0 Å². The van der Waals surface area contributed by atoms with Crippen molar-refractivity contribution in [2.75, 3.05) is 12.4 Å². The Bertz CT molecular complexity index is 602. The molecule has 0 radical (unpaired) electrons. The Kier molecular flexibility index (Phi) is 4.76. The molecule has 0 saturated heterocycles. The maximum atomic E-state index is 12.0. The summed E-state index contributed by atoms with van der Waals surface area (Å²) in [6.07, 6.45) is 1.69. The van der Waals surface area contributed by atoms with Crippen LogP contribution in [0.15, 0.2) is 41.0 Å². The van der Waals surface area contributed by atoms with Crippen molar-refractivity contribution in [1.82, 2.24) is 4.98 Å². The molecule has 0 bridgehead atoms. The molecule has 1 heterocycles. The van der Waals surface area contributed by atoms with Crippen molar-refractivity contribution in [3.8, 4) is 5.75 Å². The lowest BCUT2D eigenvalue weighted by molar-refractivity contribution is 0.102. The molecule has 2 aromatic rings. The van der Waals surface area contributed by atoms with Gasteiger partial charge in [-0.2, -0.15) is 0 Å². The van der Waals surface area contributed by atoms with E-state index in [0.29, 0.717) is 17.1 Å². The standard InChI is InChI=1S/C13H10BrIN2O2/c1-19-11-4-2-8(6-10(11)14)13(18)17-12-5-3-9(15)7-16-12/h2-7H,1H3,(H,16,17,18). The molecule has 2 rings (SSSR count). The minimum Gasteiger partial charge on any atom is -0.496 e. The average molecular weight is 433 g/mol. The van der Waals surface area contributed by atoms with Crippen LogP contribution < -0.4 is 10.1 Å². The quantitative estimate of drug-likeness (QED) is 0.752. The lowest BCUT2D eigenvalue weighted by Crippen LogP contribution is -2.12. The van der Waals surface area contributed by atoms with Gasteiger partial charge in [-0.05, 0) is 68.9 Å². The summed E-state index contributed by atoms with van der Waals surface area (Å²) in [6.45, 7) is 0. The number of hydrogen-bond acceptors (Lipinski definition) is 3. The number of aromatic nitrogens is 1. The number of anilines is 1. The van der Waals surface area contributed by atoms with Gasteiger partial charge in [0.1, 0.15) is 11.6 Å². The Labute approximate surface area is 132 Å². The zero-order chi connectivity index (χ0) is 13.8. The summed E-state index contributed by atoms with van der Waals surface area (Å²) < 4.78 is 6.87. The van der Waals surface area contributed by atoms with Gasteiger partial charge in [-0.15, -0.1) is 0 Å². The van der Waals surface area contributed by atoms with Crippen LogP contribution in [0.1, 0.15) is 10.4 Å². The second-order valence-electron chi connectivity index (χ2n) is 3.67. The predicted octanol–water partition coefficient (Wildman–Crippen LogP) is 3.71. The largest absolute Gasteiger partial charge is 0.496 e. The van der Waals surface area contributed by atoms with Crippen LogP contribution in [0, 0.1) is 3.57 Å². The van der Waals surface area contributed by atoms with Crippen molar-refractivity contribution in [1.29, 1.82) is 0 Å². The number of nitrogens with one attached hydrogen (secondary N) is 1. The third kappa shape index (κ3) is 3.66. The highest BCUT2D eigenvalue weighted by atomic mass is 127. The SMILES string of the molecule is COc1ccc(C(=O)Nc2ccc(I)cn2)cc1Br. The molecule has 1 aromatic carbocycles. The highest BCUT2D eigenvalue weighted by Crippen LogP contribution is 2.25. The van der Waals surface area contributed by atoms with Crippen molar-refractivity contribution in [3.05, 3.63) is 50.1 Å². The minimum absolute atomic E-state index is 0.211. The fourth-order valence-corrected chi connectivity index (χ4v) is 2.31. The summed E-state index contributed by atoms with van der Waals surface area (Å²) in [7, 11) is 1.58. The number of methoxy groups -OCH3 is 1. The Hall–Kier alpha value is -1.15. The molecule has 0 saturated carbocycles. The maximum Gasteiger partial charge on any atom is 0.256 e. The van der Waals surface area contributed by atoms with Crippen LogP contribution in [0.25, 0.3) is 0 Å². The molecule has 0 aliphatic heterocycles. The van der Waals surface area contributed by atoms with Gasteiger partial charge in [0.05, 0.1) is 11.6 Å². The van der Waals surface area contributed by atoms with Crippen LogP contribution in [0.5, 0.6) is 5.75 Å². The number of carbonyl (C=O) groups is 1. The normalized spacial score (nSPS) is 10.1. The molecule has 0 aliphatic rings. The number of ether oxygens (including phenoxy) is 1. The zero-order valence-electron chi connectivity index (χ0n) is 9.98. The average Bonchev–Trinajstić information content (AvgIpc) is 2.41. The van der Waals surface area contributed by atoms with Crippen LogP contribution in [-0.4, -0.2) is 18.0 Å². The molecule has 0 spiro atoms. The second kappa shape index (κ2) is 6.33. The fraction of sp³-hybridized carbons (Fsp3) is 0.0769. The van der Waals surface area contributed by atoms with E-state index < -0.39 is 0 Å². The van der Waals surface area contributed by atoms with E-state index in [2.05, 4.69) is 48.8 Å². The Balaban J connectivity index is 2.16. The first-order valence-corrected chi connectivity index (χ1v) is 7.24. The Morgan fingerprint density at radius 3 is 2.74 bits per heavy atom. The van der Waals surface area contributed by atoms with E-state index >= 15 is 0 Å². The van der Waals surface area contributed by atoms with Crippen molar-refractivity contribution in [2.45, 2.75) is 0 Å². The Morgan fingerprint density at radius 2 is 2.16 bits per heavy atom. The monoisotopic (exact) mass is 432 g/mol. The highest BCUT2D eigenvalue weighted by Gasteiger charge is 2.09. The van der Waals surface area contributed by atoms with Gasteiger partial charge in [0, 0.05) is 15.3 Å². The van der Waals surface area contributed by atoms with Crippen LogP contribution in [0.2, 0.25) is 0 Å². The third-order valence-electron chi connectivity index (χ3n) is 2.38. The van der Waals surface area contributed by atoms with Crippen LogP contribution in [0.3, 0.4) is 0 Å². The molecule has 0 fully saturated rings. The number of rotatable bonds is 3. The maximum absolute atomic E-state index is 12.0. The van der Waals surface area contributed by atoms with E-state index in [1.807, 2.05) is 6.07 Å². The second-order valence-corrected chi connectivity index (χ2v) is 5.77. The summed E-state index contributed by atoms with van der Waals surface area (Å²) in [4.78, 5) is 16.2. The van der Waals surface area contributed by atoms with Crippen LogP contribution in [0.4, 0.5) is 5.82 Å². The van der Waals surface area contributed by atoms with Crippen LogP contribution in [-0.2, 0) is 0 Å². The van der Waals surface area contributed by atoms with Gasteiger partial charge >= 0.3 is 0 Å². The minimum atomic E-state index is -0.211. The molecule has 0 aliphatic carbocycles. The number of amides is 1. The molecule has 6 heteroatoms. The molecule has 19 heavy (non-hydrogen) atoms. The summed E-state index contributed by atoms with van der Waals surface area (Å²) in [5.41, 5.74) is 0.535. The molecule has 0 atom stereocenters. The first-order chi connectivity index (χ1) is 9.10. The van der Waals surface area contributed by atoms with Gasteiger partial charge < -0.3 is 10.1 Å². The Morgan fingerprint density at radius 1 is 1.37 bits per heavy atom. The van der Waals surface area contributed by atoms with Crippen molar-refractivity contribution >= 4 is 50.2 Å². The van der Waals surface area contributed by atoms with E-state index in [0.717, 1.165) is 8.04 Å². The smallest absolute Gasteiger partial charge is 0.256 e. The molecular formula is C13H10BrIN2O2. The number of nitrogens with zero attached hydrogens (tertiary/aromatic N) is 1. The lowest BCUT2D eigenvalue weighted by Gasteiger charge is -2.07. The molecule has 1 aromatic heterocycles. The van der Waals surface area contributed by atoms with E-state index in [1.165, 1.54) is 0 Å². The van der Waals surface area contributed by atoms with Gasteiger partial charge in [0.25, 0.3) is 5.91 Å². The zero-order valence-corrected chi connectivity index (χ0v) is 13.7. The van der Waals surface area contributed by atoms with Gasteiger partial charge in [-0.25, -0.2) is 4.98 Å². The van der Waals surface area contributed by atoms with Crippen molar-refractivity contribution in [2.24, 2.45) is 0 Å². The number of benzene rings is 1. The molecule has 1 amide bonds. The van der Waals surface area contributed by atoms with Crippen LogP contribution >= 0.6 is 38.5 Å². The molecular weight excluding hydrogens is 423 g/mol. The van der Waals surface area contributed by atoms with E-state index in [9.17, 15) is 4.79 Å². The topological polar surface area (TPSA) is 51.2 Å². The fourth-order valence-electron chi connectivity index (χ4n) is 1.45. The number of halogens is 2. The molecule has 0 unspecified atom stereocenters. The third-order valence-corrected chi connectivity index (χ3v) is 3.64. The molecule has 1 N–H and O–H groups in total. The van der Waals surface area contributed by atoms with E-state index in [1.54, 1.807) is 37.6 Å². The van der Waals surface area contributed by atoms with Crippen molar-refractivity contribution in [3.63, 3.8) is 0 Å². The first-order valence-electron chi connectivity index (χ1n) is 5.36. The van der Waals surface area contributed by atoms with E-state index in [-0.39, 0.29) is 5.91 Å². The number of carbonyl (C=O) groups excluding carboxylic acids is 1. The first kappa shape index (κ1) is 14.3. The van der Waals surface area contributed by atoms with Gasteiger partial charge in [0.15, 0.2) is 0 Å². The summed E-state index contributed by atoms with van der Waals surface area (Å²) in [5, 5.41) is 2.74. The lowest BCUT2D eigenvalue weighted by atomic mass is 10.2. The summed E-state index contributed by atoms with van der Waals surface area (Å²) >= 11 is 5.51.